The summed E-state index contributed by atoms with van der Waals surface area (Å²) in [6.07, 6.45) is 1.78. The summed E-state index contributed by atoms with van der Waals surface area (Å²) < 4.78 is 11.7. The number of carbonyl (C=O) groups is 2. The van der Waals surface area contributed by atoms with E-state index in [2.05, 4.69) is 13.8 Å². The molecule has 2 saturated carbocycles. The van der Waals surface area contributed by atoms with E-state index in [0.29, 0.717) is 30.4 Å². The van der Waals surface area contributed by atoms with E-state index in [-0.39, 0.29) is 47.8 Å². The Kier molecular flexibility index (Phi) is 7.63. The van der Waals surface area contributed by atoms with Gasteiger partial charge in [0.1, 0.15) is 6.10 Å². The predicted molar refractivity (Wildman–Crippen MR) is 131 cm³/mol. The fourth-order valence-corrected chi connectivity index (χ4v) is 6.44. The van der Waals surface area contributed by atoms with Crippen molar-refractivity contribution in [3.8, 4) is 0 Å². The first-order valence-electron chi connectivity index (χ1n) is 12.1. The highest BCUT2D eigenvalue weighted by Gasteiger charge is 2.55. The summed E-state index contributed by atoms with van der Waals surface area (Å²) >= 11 is 6.56. The zero-order valence-electron chi connectivity index (χ0n) is 19.7. The van der Waals surface area contributed by atoms with Crippen LogP contribution < -0.4 is 0 Å². The van der Waals surface area contributed by atoms with Crippen LogP contribution in [-0.2, 0) is 9.47 Å². The summed E-state index contributed by atoms with van der Waals surface area (Å²) in [7, 11) is 0. The maximum atomic E-state index is 12.8. The van der Waals surface area contributed by atoms with Crippen LogP contribution in [0, 0.1) is 23.2 Å². The summed E-state index contributed by atoms with van der Waals surface area (Å²) in [4.78, 5) is 25.4. The molecule has 2 aliphatic carbocycles. The molecule has 0 bridgehead atoms. The quantitative estimate of drug-likeness (QED) is 0.448. The minimum atomic E-state index is -0.669. The maximum absolute atomic E-state index is 12.8. The number of fused-ring (bicyclic) bond motifs is 1. The Balaban J connectivity index is 1.52. The van der Waals surface area contributed by atoms with Crippen molar-refractivity contribution in [2.45, 2.75) is 57.1 Å². The molecule has 0 spiro atoms. The first-order chi connectivity index (χ1) is 16.3. The number of benzene rings is 2. The number of carbonyl (C=O) groups excluding carboxylic acids is 2. The standard InChI is InChI=1S/C28H33ClO5/c1-18-16-28(2)22(15-23(29)25(28)30)21(17-33-26(31)19-9-5-3-6-10-19)13-14-24(18)34-27(32)20-11-7-4-8-12-20/h3-12,18,21-25,30H,13-17H2,1-2H3/t18-,21-,22-,23-,24-,25+,28-/m1/s1. The molecule has 6 heteroatoms. The van der Waals surface area contributed by atoms with Crippen LogP contribution >= 0.6 is 11.6 Å². The predicted octanol–water partition coefficient (Wildman–Crippen LogP) is 5.50. The smallest absolute Gasteiger partial charge is 0.338 e. The number of aliphatic hydroxyl groups excluding tert-OH is 1. The lowest BCUT2D eigenvalue weighted by atomic mass is 9.64. The normalized spacial score (nSPS) is 33.3. The molecule has 34 heavy (non-hydrogen) atoms. The van der Waals surface area contributed by atoms with Crippen molar-refractivity contribution in [3.63, 3.8) is 0 Å². The molecular weight excluding hydrogens is 452 g/mol. The Hall–Kier alpha value is -2.37. The van der Waals surface area contributed by atoms with Crippen LogP contribution in [0.5, 0.6) is 0 Å². The first-order valence-corrected chi connectivity index (χ1v) is 12.5. The van der Waals surface area contributed by atoms with Gasteiger partial charge in [-0.1, -0.05) is 50.2 Å². The van der Waals surface area contributed by atoms with E-state index in [1.54, 1.807) is 24.3 Å². The van der Waals surface area contributed by atoms with Crippen LogP contribution in [0.15, 0.2) is 60.7 Å². The zero-order chi connectivity index (χ0) is 24.3. The third-order valence-electron chi connectivity index (χ3n) is 7.84. The molecule has 2 fully saturated rings. The van der Waals surface area contributed by atoms with Crippen LogP contribution in [0.2, 0.25) is 0 Å². The van der Waals surface area contributed by atoms with Gasteiger partial charge in [0.05, 0.1) is 29.2 Å². The Morgan fingerprint density at radius 1 is 1.00 bits per heavy atom. The van der Waals surface area contributed by atoms with Gasteiger partial charge in [0, 0.05) is 0 Å². The first kappa shape index (κ1) is 24.7. The van der Waals surface area contributed by atoms with Crippen LogP contribution in [0.25, 0.3) is 0 Å². The van der Waals surface area contributed by atoms with Gasteiger partial charge >= 0.3 is 11.9 Å². The number of rotatable bonds is 5. The fourth-order valence-electron chi connectivity index (χ4n) is 5.96. The third kappa shape index (κ3) is 5.16. The van der Waals surface area contributed by atoms with Crippen molar-refractivity contribution >= 4 is 23.5 Å². The third-order valence-corrected chi connectivity index (χ3v) is 8.25. The Morgan fingerprint density at radius 2 is 1.59 bits per heavy atom. The van der Waals surface area contributed by atoms with E-state index in [1.165, 1.54) is 0 Å². The molecule has 2 aromatic carbocycles. The molecule has 0 aromatic heterocycles. The molecule has 2 aliphatic rings. The van der Waals surface area contributed by atoms with Gasteiger partial charge in [-0.05, 0) is 73.1 Å². The minimum Gasteiger partial charge on any atom is -0.462 e. The molecule has 0 aliphatic heterocycles. The average molecular weight is 485 g/mol. The van der Waals surface area contributed by atoms with Gasteiger partial charge in [-0.3, -0.25) is 0 Å². The highest BCUT2D eigenvalue weighted by atomic mass is 35.5. The molecule has 4 rings (SSSR count). The zero-order valence-corrected chi connectivity index (χ0v) is 20.5. The Morgan fingerprint density at radius 3 is 2.21 bits per heavy atom. The van der Waals surface area contributed by atoms with Crippen molar-refractivity contribution in [1.82, 2.24) is 0 Å². The Bertz CT molecular complexity index is 981. The van der Waals surface area contributed by atoms with Crippen LogP contribution in [0.1, 0.15) is 60.2 Å². The van der Waals surface area contributed by atoms with Crippen molar-refractivity contribution in [3.05, 3.63) is 71.8 Å². The molecule has 0 amide bonds. The lowest BCUT2D eigenvalue weighted by Crippen LogP contribution is -2.44. The number of halogens is 1. The van der Waals surface area contributed by atoms with Crippen LogP contribution in [-0.4, -0.2) is 41.2 Å². The molecule has 0 radical (unpaired) electrons. The van der Waals surface area contributed by atoms with Gasteiger partial charge in [0.2, 0.25) is 0 Å². The molecule has 0 heterocycles. The van der Waals surface area contributed by atoms with E-state index in [1.807, 2.05) is 36.4 Å². The molecule has 0 unspecified atom stereocenters. The van der Waals surface area contributed by atoms with E-state index < -0.39 is 11.5 Å². The van der Waals surface area contributed by atoms with Gasteiger partial charge in [0.25, 0.3) is 0 Å². The van der Waals surface area contributed by atoms with E-state index in [9.17, 15) is 14.7 Å². The van der Waals surface area contributed by atoms with Crippen LogP contribution in [0.4, 0.5) is 0 Å². The molecule has 0 saturated heterocycles. The molecular formula is C28H33ClO5. The highest BCUT2D eigenvalue weighted by Crippen LogP contribution is 2.55. The highest BCUT2D eigenvalue weighted by molar-refractivity contribution is 6.21. The second kappa shape index (κ2) is 10.5. The van der Waals surface area contributed by atoms with Gasteiger partial charge < -0.3 is 14.6 Å². The van der Waals surface area contributed by atoms with Crippen LogP contribution in [0.3, 0.4) is 0 Å². The molecule has 2 aromatic rings. The summed E-state index contributed by atoms with van der Waals surface area (Å²) in [6.45, 7) is 4.40. The average Bonchev–Trinajstić information content (AvgIpc) is 3.06. The summed E-state index contributed by atoms with van der Waals surface area (Å²) in [6, 6.07) is 17.9. The topological polar surface area (TPSA) is 72.8 Å². The van der Waals surface area contributed by atoms with Crippen molar-refractivity contribution in [2.75, 3.05) is 6.61 Å². The monoisotopic (exact) mass is 484 g/mol. The maximum Gasteiger partial charge on any atom is 0.338 e. The van der Waals surface area contributed by atoms with Crippen molar-refractivity contribution in [1.29, 1.82) is 0 Å². The Labute approximate surface area is 206 Å². The molecule has 182 valence electrons. The summed E-state index contributed by atoms with van der Waals surface area (Å²) in [5, 5.41) is 10.7. The second-order valence-corrected chi connectivity index (χ2v) is 10.7. The number of aliphatic hydroxyl groups is 1. The van der Waals surface area contributed by atoms with Gasteiger partial charge in [-0.15, -0.1) is 11.6 Å². The number of hydrogen-bond acceptors (Lipinski definition) is 5. The SMILES string of the molecule is C[C@@H]1C[C@]2(C)[C@H](C[C@@H](Cl)[C@@H]2O)[C@@H](COC(=O)c2ccccc2)CC[C@H]1OC(=O)c1ccccc1. The summed E-state index contributed by atoms with van der Waals surface area (Å²) in [5.41, 5.74) is 0.588. The number of esters is 2. The lowest BCUT2D eigenvalue weighted by molar-refractivity contribution is -0.0546. The lowest BCUT2D eigenvalue weighted by Gasteiger charge is -2.44. The van der Waals surface area contributed by atoms with Crippen molar-refractivity contribution in [2.24, 2.45) is 23.2 Å². The molecule has 1 N–H and O–H groups in total. The van der Waals surface area contributed by atoms with E-state index in [4.69, 9.17) is 21.1 Å². The number of hydrogen-bond donors (Lipinski definition) is 1. The van der Waals surface area contributed by atoms with Gasteiger partial charge in [0.15, 0.2) is 0 Å². The summed E-state index contributed by atoms with van der Waals surface area (Å²) in [5.74, 6) is -0.507. The molecule has 7 atom stereocenters. The number of ether oxygens (including phenoxy) is 2. The van der Waals surface area contributed by atoms with E-state index in [0.717, 1.165) is 6.42 Å². The number of alkyl halides is 1. The van der Waals surface area contributed by atoms with Gasteiger partial charge in [-0.2, -0.15) is 0 Å². The fraction of sp³-hybridized carbons (Fsp3) is 0.500. The molecule has 5 nitrogen and oxygen atoms in total. The van der Waals surface area contributed by atoms with E-state index >= 15 is 0 Å². The van der Waals surface area contributed by atoms with Crippen molar-refractivity contribution < 1.29 is 24.2 Å². The van der Waals surface area contributed by atoms with Gasteiger partial charge in [-0.25, -0.2) is 9.59 Å². The largest absolute Gasteiger partial charge is 0.462 e. The second-order valence-electron chi connectivity index (χ2n) is 10.1. The minimum absolute atomic E-state index is 0.0153.